The first-order valence-corrected chi connectivity index (χ1v) is 7.85. The minimum Gasteiger partial charge on any atom is -0.389 e. The topological polar surface area (TPSA) is 49.5 Å². The van der Waals surface area contributed by atoms with Gasteiger partial charge in [0, 0.05) is 18.6 Å². The molecular weight excluding hydrogens is 224 g/mol. The van der Waals surface area contributed by atoms with E-state index in [4.69, 9.17) is 5.73 Å². The lowest BCUT2D eigenvalue weighted by molar-refractivity contribution is -0.00944. The Bertz CT molecular complexity index is 243. The normalized spacial score (nSPS) is 32.0. The van der Waals surface area contributed by atoms with Gasteiger partial charge in [-0.1, -0.05) is 19.8 Å². The van der Waals surface area contributed by atoms with Gasteiger partial charge >= 0.3 is 0 Å². The molecule has 2 fully saturated rings. The molecule has 106 valence electrons. The predicted molar refractivity (Wildman–Crippen MR) is 75.5 cm³/mol. The second-order valence-electron chi connectivity index (χ2n) is 6.47. The van der Waals surface area contributed by atoms with Crippen LogP contribution in [0.4, 0.5) is 0 Å². The minimum atomic E-state index is -0.394. The summed E-state index contributed by atoms with van der Waals surface area (Å²) < 4.78 is 0. The molecule has 0 radical (unpaired) electrons. The van der Waals surface area contributed by atoms with Gasteiger partial charge < -0.3 is 10.8 Å². The van der Waals surface area contributed by atoms with Gasteiger partial charge in [-0.2, -0.15) is 0 Å². The van der Waals surface area contributed by atoms with Crippen LogP contribution in [0, 0.1) is 0 Å². The third-order valence-electron chi connectivity index (χ3n) is 4.80. The monoisotopic (exact) mass is 254 g/mol. The average Bonchev–Trinajstić information content (AvgIpc) is 2.77. The van der Waals surface area contributed by atoms with Crippen LogP contribution in [0.25, 0.3) is 0 Å². The lowest BCUT2D eigenvalue weighted by Crippen LogP contribution is -2.48. The zero-order chi connectivity index (χ0) is 13.0. The van der Waals surface area contributed by atoms with Crippen molar-refractivity contribution in [2.24, 2.45) is 5.73 Å². The van der Waals surface area contributed by atoms with Crippen LogP contribution in [0.2, 0.25) is 0 Å². The summed E-state index contributed by atoms with van der Waals surface area (Å²) in [4.78, 5) is 2.55. The van der Waals surface area contributed by atoms with E-state index in [2.05, 4.69) is 11.8 Å². The summed E-state index contributed by atoms with van der Waals surface area (Å²) in [5.74, 6) is 0. The Labute approximate surface area is 112 Å². The van der Waals surface area contributed by atoms with Gasteiger partial charge in [0.15, 0.2) is 0 Å². The summed E-state index contributed by atoms with van der Waals surface area (Å²) in [5, 5.41) is 10.6. The molecule has 0 heterocycles. The van der Waals surface area contributed by atoms with Gasteiger partial charge in [-0.3, -0.25) is 4.90 Å². The SMILES string of the molecule is CCCN(CC1(O)CCCC1)C1CCC(N)CC1. The number of aliphatic hydroxyl groups is 1. The molecule has 0 aliphatic heterocycles. The first-order valence-electron chi connectivity index (χ1n) is 7.85. The highest BCUT2D eigenvalue weighted by molar-refractivity contribution is 4.90. The maximum atomic E-state index is 10.6. The van der Waals surface area contributed by atoms with E-state index >= 15 is 0 Å². The molecule has 0 amide bonds. The van der Waals surface area contributed by atoms with Crippen LogP contribution < -0.4 is 5.73 Å². The molecule has 0 bridgehead atoms. The third kappa shape index (κ3) is 3.69. The smallest absolute Gasteiger partial charge is 0.0774 e. The Hall–Kier alpha value is -0.120. The Morgan fingerprint density at radius 1 is 1.17 bits per heavy atom. The van der Waals surface area contributed by atoms with Crippen molar-refractivity contribution in [3.8, 4) is 0 Å². The van der Waals surface area contributed by atoms with E-state index < -0.39 is 5.60 Å². The molecular formula is C15H30N2O. The molecule has 2 rings (SSSR count). The molecule has 0 atom stereocenters. The van der Waals surface area contributed by atoms with Crippen molar-refractivity contribution >= 4 is 0 Å². The molecule has 2 saturated carbocycles. The molecule has 0 unspecified atom stereocenters. The van der Waals surface area contributed by atoms with Gasteiger partial charge in [0.2, 0.25) is 0 Å². The second-order valence-corrected chi connectivity index (χ2v) is 6.47. The van der Waals surface area contributed by atoms with Gasteiger partial charge in [0.1, 0.15) is 0 Å². The van der Waals surface area contributed by atoms with Crippen molar-refractivity contribution in [1.82, 2.24) is 4.90 Å². The highest BCUT2D eigenvalue weighted by Gasteiger charge is 2.35. The predicted octanol–water partition coefficient (Wildman–Crippen LogP) is 2.27. The molecule has 3 N–H and O–H groups in total. The fourth-order valence-corrected chi connectivity index (χ4v) is 3.71. The average molecular weight is 254 g/mol. The first kappa shape index (κ1) is 14.3. The van der Waals surface area contributed by atoms with Crippen LogP contribution in [0.1, 0.15) is 64.7 Å². The van der Waals surface area contributed by atoms with Crippen molar-refractivity contribution in [2.45, 2.75) is 82.4 Å². The van der Waals surface area contributed by atoms with Crippen LogP contribution >= 0.6 is 0 Å². The standard InChI is InChI=1S/C15H30N2O/c1-2-11-17(12-15(18)9-3-4-10-15)14-7-5-13(16)6-8-14/h13-14,18H,2-12,16H2,1H3. The van der Waals surface area contributed by atoms with Crippen molar-refractivity contribution < 1.29 is 5.11 Å². The number of rotatable bonds is 5. The van der Waals surface area contributed by atoms with E-state index in [0.717, 1.165) is 38.8 Å². The molecule has 0 spiro atoms. The number of nitrogens with zero attached hydrogens (tertiary/aromatic N) is 1. The highest BCUT2D eigenvalue weighted by atomic mass is 16.3. The molecule has 3 heteroatoms. The van der Waals surface area contributed by atoms with Gasteiger partial charge in [-0.15, -0.1) is 0 Å². The van der Waals surface area contributed by atoms with Crippen LogP contribution in [0.3, 0.4) is 0 Å². The van der Waals surface area contributed by atoms with Gasteiger partial charge in [0.25, 0.3) is 0 Å². The quantitative estimate of drug-likeness (QED) is 0.791. The molecule has 0 aromatic carbocycles. The summed E-state index contributed by atoms with van der Waals surface area (Å²) in [5.41, 5.74) is 5.60. The van der Waals surface area contributed by atoms with Crippen LogP contribution in [-0.2, 0) is 0 Å². The summed E-state index contributed by atoms with van der Waals surface area (Å²) in [6.45, 7) is 4.25. The van der Waals surface area contributed by atoms with Gasteiger partial charge in [0.05, 0.1) is 5.60 Å². The van der Waals surface area contributed by atoms with E-state index in [1.54, 1.807) is 0 Å². The Morgan fingerprint density at radius 3 is 2.33 bits per heavy atom. The van der Waals surface area contributed by atoms with Crippen LogP contribution in [0.5, 0.6) is 0 Å². The van der Waals surface area contributed by atoms with E-state index in [9.17, 15) is 5.11 Å². The Morgan fingerprint density at radius 2 is 1.78 bits per heavy atom. The fourth-order valence-electron chi connectivity index (χ4n) is 3.71. The fraction of sp³-hybridized carbons (Fsp3) is 1.00. The number of nitrogens with two attached hydrogens (primary N) is 1. The zero-order valence-electron chi connectivity index (χ0n) is 11.9. The lowest BCUT2D eigenvalue weighted by Gasteiger charge is -2.39. The maximum absolute atomic E-state index is 10.6. The van der Waals surface area contributed by atoms with Crippen molar-refractivity contribution in [3.05, 3.63) is 0 Å². The third-order valence-corrected chi connectivity index (χ3v) is 4.80. The minimum absolute atomic E-state index is 0.394. The molecule has 2 aliphatic carbocycles. The molecule has 3 nitrogen and oxygen atoms in total. The Balaban J connectivity index is 1.90. The van der Waals surface area contributed by atoms with Crippen LogP contribution in [-0.4, -0.2) is 40.8 Å². The summed E-state index contributed by atoms with van der Waals surface area (Å²) in [6.07, 6.45) is 10.3. The summed E-state index contributed by atoms with van der Waals surface area (Å²) >= 11 is 0. The van der Waals surface area contributed by atoms with Crippen molar-refractivity contribution in [3.63, 3.8) is 0 Å². The first-order chi connectivity index (χ1) is 8.63. The van der Waals surface area contributed by atoms with Crippen molar-refractivity contribution in [1.29, 1.82) is 0 Å². The van der Waals surface area contributed by atoms with E-state index in [-0.39, 0.29) is 0 Å². The van der Waals surface area contributed by atoms with Crippen molar-refractivity contribution in [2.75, 3.05) is 13.1 Å². The number of hydrogen-bond donors (Lipinski definition) is 2. The molecule has 2 aliphatic rings. The largest absolute Gasteiger partial charge is 0.389 e. The second kappa shape index (κ2) is 6.36. The number of hydrogen-bond acceptors (Lipinski definition) is 3. The van der Waals surface area contributed by atoms with Gasteiger partial charge in [-0.25, -0.2) is 0 Å². The summed E-state index contributed by atoms with van der Waals surface area (Å²) in [6, 6.07) is 1.08. The lowest BCUT2D eigenvalue weighted by atomic mass is 9.89. The Kier molecular flexibility index (Phi) is 5.05. The molecule has 0 aromatic heterocycles. The highest BCUT2D eigenvalue weighted by Crippen LogP contribution is 2.32. The molecule has 0 aromatic rings. The molecule has 18 heavy (non-hydrogen) atoms. The molecule has 0 saturated heterocycles. The van der Waals surface area contributed by atoms with Crippen LogP contribution in [0.15, 0.2) is 0 Å². The van der Waals surface area contributed by atoms with Gasteiger partial charge in [-0.05, 0) is 51.5 Å². The van der Waals surface area contributed by atoms with E-state index in [1.165, 1.54) is 32.1 Å². The van der Waals surface area contributed by atoms with E-state index in [0.29, 0.717) is 12.1 Å². The summed E-state index contributed by atoms with van der Waals surface area (Å²) in [7, 11) is 0. The maximum Gasteiger partial charge on any atom is 0.0774 e. The zero-order valence-corrected chi connectivity index (χ0v) is 11.9. The van der Waals surface area contributed by atoms with E-state index in [1.807, 2.05) is 0 Å².